The number of piperazine rings is 1. The molecule has 5 rings (SSSR count). The first kappa shape index (κ1) is 26.7. The van der Waals surface area contributed by atoms with Crippen molar-refractivity contribution in [1.29, 1.82) is 0 Å². The number of fused-ring (bicyclic) bond motifs is 1. The Morgan fingerprint density at radius 2 is 1.64 bits per heavy atom. The van der Waals surface area contributed by atoms with Gasteiger partial charge in [0.2, 0.25) is 11.8 Å². The van der Waals surface area contributed by atoms with Gasteiger partial charge in [-0.3, -0.25) is 14.8 Å². The fourth-order valence-electron chi connectivity index (χ4n) is 5.53. The van der Waals surface area contributed by atoms with Gasteiger partial charge in [-0.05, 0) is 43.5 Å². The van der Waals surface area contributed by atoms with E-state index in [0.29, 0.717) is 44.4 Å². The number of hydroxylamine groups is 1. The third-order valence-electron chi connectivity index (χ3n) is 7.54. The second-order valence-corrected chi connectivity index (χ2v) is 9.91. The molecule has 0 bridgehead atoms. The number of pyridine rings is 1. The van der Waals surface area contributed by atoms with Crippen molar-refractivity contribution in [1.82, 2.24) is 15.4 Å². The second kappa shape index (κ2) is 11.1. The molecule has 0 spiro atoms. The molecule has 1 saturated carbocycles. The number of anilines is 1. The van der Waals surface area contributed by atoms with Crippen LogP contribution in [-0.2, 0) is 15.8 Å². The van der Waals surface area contributed by atoms with Gasteiger partial charge in [0.25, 0.3) is 0 Å². The van der Waals surface area contributed by atoms with Crippen molar-refractivity contribution in [2.75, 3.05) is 31.1 Å². The number of nitrogens with zero attached hydrogens (tertiary/aromatic N) is 3. The standard InChI is InChI=1S/C28H29F3N4O4/c29-28(30,31)25-17-24(21-8-4-5-9-23(21)32-25)39-19-10-11-20(22(16-19)26(36)33-38)27(37)35-14-12-34(13-15-35)18-6-2-1-3-7-18/h1-9,17,19-20,22,38H,10-16H2,(H,33,36). The molecule has 8 nitrogen and oxygen atoms in total. The minimum absolute atomic E-state index is 0.0166. The number of aromatic nitrogens is 1. The minimum atomic E-state index is -4.66. The Balaban J connectivity index is 1.30. The molecule has 3 aromatic rings. The summed E-state index contributed by atoms with van der Waals surface area (Å²) < 4.78 is 46.5. The molecule has 2 heterocycles. The molecule has 2 fully saturated rings. The summed E-state index contributed by atoms with van der Waals surface area (Å²) in [4.78, 5) is 33.8. The van der Waals surface area contributed by atoms with Crippen LogP contribution in [0.5, 0.6) is 5.75 Å². The molecule has 3 unspecified atom stereocenters. The Morgan fingerprint density at radius 3 is 2.33 bits per heavy atom. The summed E-state index contributed by atoms with van der Waals surface area (Å²) in [6, 6.07) is 17.2. The molecular weight excluding hydrogens is 513 g/mol. The van der Waals surface area contributed by atoms with E-state index in [2.05, 4.69) is 9.88 Å². The first-order chi connectivity index (χ1) is 18.7. The Labute approximate surface area is 223 Å². The molecular formula is C28H29F3N4O4. The lowest BCUT2D eigenvalue weighted by molar-refractivity contribution is -0.148. The summed E-state index contributed by atoms with van der Waals surface area (Å²) in [5, 5.41) is 9.82. The van der Waals surface area contributed by atoms with Crippen LogP contribution in [0.4, 0.5) is 18.9 Å². The molecule has 1 aromatic heterocycles. The predicted molar refractivity (Wildman–Crippen MR) is 137 cm³/mol. The number of amides is 2. The number of nitrogens with one attached hydrogen (secondary N) is 1. The highest BCUT2D eigenvalue weighted by Gasteiger charge is 2.42. The van der Waals surface area contributed by atoms with Crippen LogP contribution in [0.15, 0.2) is 60.7 Å². The highest BCUT2D eigenvalue weighted by atomic mass is 19.4. The summed E-state index contributed by atoms with van der Waals surface area (Å²) in [5.74, 6) is -2.41. The number of para-hydroxylation sites is 2. The lowest BCUT2D eigenvalue weighted by Crippen LogP contribution is -2.53. The number of carbonyl (C=O) groups is 2. The second-order valence-electron chi connectivity index (χ2n) is 9.91. The van der Waals surface area contributed by atoms with E-state index >= 15 is 0 Å². The average Bonchev–Trinajstić information content (AvgIpc) is 2.96. The van der Waals surface area contributed by atoms with Crippen molar-refractivity contribution in [2.24, 2.45) is 11.8 Å². The van der Waals surface area contributed by atoms with Crippen LogP contribution in [-0.4, -0.2) is 59.2 Å². The number of halogens is 3. The molecule has 39 heavy (non-hydrogen) atoms. The number of hydrogen-bond acceptors (Lipinski definition) is 6. The third kappa shape index (κ3) is 5.78. The molecule has 206 valence electrons. The van der Waals surface area contributed by atoms with Crippen molar-refractivity contribution in [2.45, 2.75) is 31.5 Å². The molecule has 0 radical (unpaired) electrons. The van der Waals surface area contributed by atoms with Gasteiger partial charge in [-0.15, -0.1) is 0 Å². The summed E-state index contributed by atoms with van der Waals surface area (Å²) in [6.45, 7) is 2.31. The molecule has 2 amide bonds. The SMILES string of the molecule is O=C(NO)C1CC(Oc2cc(C(F)(F)F)nc3ccccc23)CCC1C(=O)N1CCN(c2ccccc2)CC1. The average molecular weight is 543 g/mol. The van der Waals surface area contributed by atoms with E-state index in [1.807, 2.05) is 30.3 Å². The highest BCUT2D eigenvalue weighted by molar-refractivity contribution is 5.88. The summed E-state index contributed by atoms with van der Waals surface area (Å²) in [7, 11) is 0. The Bertz CT molecular complexity index is 1330. The van der Waals surface area contributed by atoms with Gasteiger partial charge in [0.1, 0.15) is 11.4 Å². The van der Waals surface area contributed by atoms with Crippen molar-refractivity contribution >= 4 is 28.4 Å². The first-order valence-electron chi connectivity index (χ1n) is 12.9. The number of carbonyl (C=O) groups excluding carboxylic acids is 2. The molecule has 2 N–H and O–H groups in total. The van der Waals surface area contributed by atoms with Crippen LogP contribution in [0, 0.1) is 11.8 Å². The zero-order valence-electron chi connectivity index (χ0n) is 21.1. The number of hydrogen-bond donors (Lipinski definition) is 2. The van der Waals surface area contributed by atoms with Crippen LogP contribution >= 0.6 is 0 Å². The van der Waals surface area contributed by atoms with E-state index in [9.17, 15) is 28.0 Å². The van der Waals surface area contributed by atoms with Crippen LogP contribution in [0.2, 0.25) is 0 Å². The van der Waals surface area contributed by atoms with Gasteiger partial charge in [0.15, 0.2) is 0 Å². The zero-order chi connectivity index (χ0) is 27.6. The topological polar surface area (TPSA) is 95.0 Å². The fraction of sp³-hybridized carbons (Fsp3) is 0.393. The van der Waals surface area contributed by atoms with Crippen molar-refractivity contribution < 1.29 is 32.7 Å². The number of benzene rings is 2. The Morgan fingerprint density at radius 1 is 0.949 bits per heavy atom. The lowest BCUT2D eigenvalue weighted by Gasteiger charge is -2.40. The van der Waals surface area contributed by atoms with E-state index in [-0.39, 0.29) is 23.6 Å². The van der Waals surface area contributed by atoms with Gasteiger partial charge in [-0.2, -0.15) is 13.2 Å². The molecule has 11 heteroatoms. The van der Waals surface area contributed by atoms with Gasteiger partial charge in [0.05, 0.1) is 23.5 Å². The monoisotopic (exact) mass is 542 g/mol. The zero-order valence-corrected chi connectivity index (χ0v) is 21.1. The van der Waals surface area contributed by atoms with Crippen LogP contribution in [0.1, 0.15) is 25.0 Å². The summed E-state index contributed by atoms with van der Waals surface area (Å²) >= 11 is 0. The van der Waals surface area contributed by atoms with E-state index in [1.54, 1.807) is 28.6 Å². The van der Waals surface area contributed by atoms with Crippen molar-refractivity contribution in [3.8, 4) is 5.75 Å². The molecule has 2 aromatic carbocycles. The largest absolute Gasteiger partial charge is 0.490 e. The van der Waals surface area contributed by atoms with Crippen molar-refractivity contribution in [3.05, 3.63) is 66.4 Å². The smallest absolute Gasteiger partial charge is 0.433 e. The highest BCUT2D eigenvalue weighted by Crippen LogP contribution is 2.38. The summed E-state index contributed by atoms with van der Waals surface area (Å²) in [5.41, 5.74) is 1.82. The van der Waals surface area contributed by atoms with Crippen LogP contribution in [0.3, 0.4) is 0 Å². The van der Waals surface area contributed by atoms with Gasteiger partial charge in [-0.25, -0.2) is 10.5 Å². The number of alkyl halides is 3. The lowest BCUT2D eigenvalue weighted by atomic mass is 9.76. The normalized spacial score (nSPS) is 22.0. The van der Waals surface area contributed by atoms with E-state index in [1.165, 1.54) is 6.07 Å². The van der Waals surface area contributed by atoms with E-state index in [4.69, 9.17) is 4.74 Å². The Hall–Kier alpha value is -3.86. The van der Waals surface area contributed by atoms with Crippen LogP contribution in [0.25, 0.3) is 10.9 Å². The fourth-order valence-corrected chi connectivity index (χ4v) is 5.53. The molecule has 3 atom stereocenters. The van der Waals surface area contributed by atoms with E-state index < -0.39 is 35.7 Å². The predicted octanol–water partition coefficient (Wildman–Crippen LogP) is 4.27. The quantitative estimate of drug-likeness (QED) is 0.370. The Kier molecular flexibility index (Phi) is 7.60. The number of ether oxygens (including phenoxy) is 1. The molecule has 1 aliphatic carbocycles. The maximum atomic E-state index is 13.5. The van der Waals surface area contributed by atoms with Gasteiger partial charge >= 0.3 is 6.18 Å². The molecule has 2 aliphatic rings. The van der Waals surface area contributed by atoms with Crippen LogP contribution < -0.4 is 15.1 Å². The van der Waals surface area contributed by atoms with E-state index in [0.717, 1.165) is 11.8 Å². The van der Waals surface area contributed by atoms with Crippen molar-refractivity contribution in [3.63, 3.8) is 0 Å². The summed E-state index contributed by atoms with van der Waals surface area (Å²) in [6.07, 6.45) is -4.54. The first-order valence-corrected chi connectivity index (χ1v) is 12.9. The maximum Gasteiger partial charge on any atom is 0.433 e. The van der Waals surface area contributed by atoms with Gasteiger partial charge in [0, 0.05) is 43.3 Å². The van der Waals surface area contributed by atoms with Gasteiger partial charge < -0.3 is 14.5 Å². The van der Waals surface area contributed by atoms with Gasteiger partial charge in [-0.1, -0.05) is 30.3 Å². The molecule has 1 aliphatic heterocycles. The maximum absolute atomic E-state index is 13.5. The third-order valence-corrected chi connectivity index (χ3v) is 7.54. The minimum Gasteiger partial charge on any atom is -0.490 e. The number of rotatable bonds is 5. The molecule has 1 saturated heterocycles.